The monoisotopic (exact) mass is 533 g/mol. The molecule has 0 aliphatic heterocycles. The molecule has 0 fully saturated rings. The van der Waals surface area contributed by atoms with E-state index >= 15 is 0 Å². The van der Waals surface area contributed by atoms with E-state index in [2.05, 4.69) is 87.2 Å². The highest BCUT2D eigenvalue weighted by molar-refractivity contribution is 7.76. The van der Waals surface area contributed by atoms with Crippen LogP contribution in [0.4, 0.5) is 0 Å². The van der Waals surface area contributed by atoms with E-state index in [1.54, 1.807) is 0 Å². The Morgan fingerprint density at radius 2 is 1.44 bits per heavy atom. The number of hydrogen-bond donors (Lipinski definition) is 0. The summed E-state index contributed by atoms with van der Waals surface area (Å²) in [5.41, 5.74) is 4.21. The van der Waals surface area contributed by atoms with Gasteiger partial charge in [-0.25, -0.2) is 0 Å². The van der Waals surface area contributed by atoms with Crippen LogP contribution >= 0.6 is 7.26 Å². The zero-order valence-corrected chi connectivity index (χ0v) is 28.0. The summed E-state index contributed by atoms with van der Waals surface area (Å²) in [6.07, 6.45) is 19.0. The quantitative estimate of drug-likeness (QED) is 0.109. The summed E-state index contributed by atoms with van der Waals surface area (Å²) in [6, 6.07) is 3.69. The average molecular weight is 534 g/mol. The first kappa shape index (κ1) is 33.7. The number of rotatable bonds is 16. The molecule has 0 bridgehead atoms. The van der Waals surface area contributed by atoms with Gasteiger partial charge in [0.05, 0.1) is 24.6 Å². The standard InChI is InChI=1S/C33H62OPSi/c1-11-17-23-35(24-18-12-2,25-19-13-3)26-22-29(7)20-21-32-30(8)27-31(28-33(32,9)10)34-36(14-4,15-5)16-6/h22,31H,11-19,23-28H2,1-10H3/q+1/b29-22+/t31-/m1/s1. The van der Waals surface area contributed by atoms with Crippen LogP contribution < -0.4 is 0 Å². The lowest BCUT2D eigenvalue weighted by Crippen LogP contribution is -2.43. The fourth-order valence-electron chi connectivity index (χ4n) is 6.11. The fraction of sp³-hybridized carbons (Fsp3) is 0.818. The van der Waals surface area contributed by atoms with E-state index in [9.17, 15) is 0 Å². The molecule has 0 aromatic heterocycles. The SMILES string of the molecule is CCCC[P+](C/C=C(\C)C#CC1=C(C)C[C@@H](O[Si](CC)(CC)CC)CC1(C)C)(CCCC)CCCC. The molecular formula is C33H62OPSi+. The van der Waals surface area contributed by atoms with Crippen LogP contribution in [0.25, 0.3) is 0 Å². The number of allylic oxidation sites excluding steroid dienone is 3. The molecule has 0 radical (unpaired) electrons. The Kier molecular flexibility index (Phi) is 15.5. The van der Waals surface area contributed by atoms with Crippen molar-refractivity contribution >= 4 is 15.6 Å². The Labute approximate surface area is 229 Å². The maximum atomic E-state index is 6.93. The highest BCUT2D eigenvalue weighted by Gasteiger charge is 2.39. The summed E-state index contributed by atoms with van der Waals surface area (Å²) >= 11 is 0. The molecule has 1 aliphatic carbocycles. The van der Waals surface area contributed by atoms with E-state index < -0.39 is 15.6 Å². The van der Waals surface area contributed by atoms with Crippen molar-refractivity contribution in [1.29, 1.82) is 0 Å². The van der Waals surface area contributed by atoms with Gasteiger partial charge in [0.25, 0.3) is 0 Å². The maximum Gasteiger partial charge on any atom is 0.192 e. The predicted molar refractivity (Wildman–Crippen MR) is 170 cm³/mol. The summed E-state index contributed by atoms with van der Waals surface area (Å²) < 4.78 is 6.93. The largest absolute Gasteiger partial charge is 0.414 e. The van der Waals surface area contributed by atoms with Gasteiger partial charge in [-0.3, -0.25) is 0 Å². The minimum absolute atomic E-state index is 0.0930. The molecule has 0 saturated carbocycles. The van der Waals surface area contributed by atoms with Gasteiger partial charge in [0.15, 0.2) is 8.32 Å². The van der Waals surface area contributed by atoms with Gasteiger partial charge >= 0.3 is 0 Å². The molecule has 1 nitrogen and oxygen atoms in total. The summed E-state index contributed by atoms with van der Waals surface area (Å²) in [4.78, 5) is 0. The molecule has 0 aromatic rings. The van der Waals surface area contributed by atoms with Crippen LogP contribution in [0.2, 0.25) is 18.1 Å². The third-order valence-corrected chi connectivity index (χ3v) is 18.3. The van der Waals surface area contributed by atoms with Crippen LogP contribution in [0.5, 0.6) is 0 Å². The van der Waals surface area contributed by atoms with E-state index in [0.717, 1.165) is 12.8 Å². The smallest absolute Gasteiger partial charge is 0.192 e. The van der Waals surface area contributed by atoms with Gasteiger partial charge in [-0.1, -0.05) is 92.1 Å². The van der Waals surface area contributed by atoms with Crippen molar-refractivity contribution in [3.63, 3.8) is 0 Å². The van der Waals surface area contributed by atoms with Crippen LogP contribution in [-0.4, -0.2) is 39.1 Å². The van der Waals surface area contributed by atoms with Gasteiger partial charge in [-0.05, 0) is 81.1 Å². The first-order valence-corrected chi connectivity index (χ1v) is 20.5. The first-order chi connectivity index (χ1) is 17.1. The van der Waals surface area contributed by atoms with Crippen molar-refractivity contribution in [3.05, 3.63) is 22.8 Å². The van der Waals surface area contributed by atoms with Crippen molar-refractivity contribution in [2.24, 2.45) is 5.41 Å². The zero-order chi connectivity index (χ0) is 27.2. The minimum atomic E-state index is -1.58. The highest BCUT2D eigenvalue weighted by Crippen LogP contribution is 2.60. The minimum Gasteiger partial charge on any atom is -0.414 e. The Bertz CT molecular complexity index is 732. The van der Waals surface area contributed by atoms with Gasteiger partial charge in [0.2, 0.25) is 0 Å². The lowest BCUT2D eigenvalue weighted by atomic mass is 9.72. The fourth-order valence-corrected chi connectivity index (χ4v) is 13.8. The molecule has 0 aromatic carbocycles. The van der Waals surface area contributed by atoms with E-state index in [1.165, 1.54) is 98.0 Å². The summed E-state index contributed by atoms with van der Waals surface area (Å²) in [5.74, 6) is 7.30. The lowest BCUT2D eigenvalue weighted by Gasteiger charge is -2.41. The Morgan fingerprint density at radius 1 is 0.944 bits per heavy atom. The number of unbranched alkanes of at least 4 members (excludes halogenated alkanes) is 3. The van der Waals surface area contributed by atoms with Crippen molar-refractivity contribution in [1.82, 2.24) is 0 Å². The van der Waals surface area contributed by atoms with E-state index in [0.29, 0.717) is 6.10 Å². The summed E-state index contributed by atoms with van der Waals surface area (Å²) in [6.45, 7) is 23.4. The summed E-state index contributed by atoms with van der Waals surface area (Å²) in [7, 11) is -2.48. The molecular weight excluding hydrogens is 471 g/mol. The zero-order valence-electron chi connectivity index (χ0n) is 26.1. The predicted octanol–water partition coefficient (Wildman–Crippen LogP) is 10.9. The molecule has 1 rings (SSSR count). The molecule has 208 valence electrons. The van der Waals surface area contributed by atoms with Crippen LogP contribution in [0, 0.1) is 17.3 Å². The molecule has 36 heavy (non-hydrogen) atoms. The van der Waals surface area contributed by atoms with Crippen LogP contribution in [0.3, 0.4) is 0 Å². The van der Waals surface area contributed by atoms with Crippen molar-refractivity contribution in [2.75, 3.05) is 24.6 Å². The molecule has 0 saturated heterocycles. The molecule has 0 amide bonds. The van der Waals surface area contributed by atoms with Gasteiger partial charge in [-0.15, -0.1) is 0 Å². The molecule has 1 atom stereocenters. The Morgan fingerprint density at radius 3 is 1.86 bits per heavy atom. The molecule has 1 aliphatic rings. The van der Waals surface area contributed by atoms with Crippen molar-refractivity contribution in [2.45, 2.75) is 145 Å². The van der Waals surface area contributed by atoms with E-state index in [4.69, 9.17) is 4.43 Å². The first-order valence-electron chi connectivity index (χ1n) is 15.5. The lowest BCUT2D eigenvalue weighted by molar-refractivity contribution is 0.128. The third kappa shape index (κ3) is 10.4. The molecule has 3 heteroatoms. The van der Waals surface area contributed by atoms with Gasteiger partial charge < -0.3 is 4.43 Å². The van der Waals surface area contributed by atoms with Gasteiger partial charge in [0, 0.05) is 18.9 Å². The van der Waals surface area contributed by atoms with Crippen molar-refractivity contribution < 1.29 is 4.43 Å². The Hall–Kier alpha value is -0.353. The molecule has 0 heterocycles. The van der Waals surface area contributed by atoms with Crippen molar-refractivity contribution in [3.8, 4) is 11.8 Å². The second-order valence-corrected chi connectivity index (χ2v) is 21.4. The van der Waals surface area contributed by atoms with E-state index in [-0.39, 0.29) is 5.41 Å². The van der Waals surface area contributed by atoms with Gasteiger partial charge in [0.1, 0.15) is 0 Å². The van der Waals surface area contributed by atoms with Crippen LogP contribution in [0.15, 0.2) is 22.8 Å². The molecule has 0 N–H and O–H groups in total. The summed E-state index contributed by atoms with van der Waals surface area (Å²) in [5, 5.41) is 0. The van der Waals surface area contributed by atoms with Crippen LogP contribution in [-0.2, 0) is 4.43 Å². The topological polar surface area (TPSA) is 9.23 Å². The van der Waals surface area contributed by atoms with Gasteiger partial charge in [-0.2, -0.15) is 0 Å². The van der Waals surface area contributed by atoms with Crippen LogP contribution in [0.1, 0.15) is 121 Å². The molecule has 0 spiro atoms. The second-order valence-electron chi connectivity index (χ2n) is 12.3. The van der Waals surface area contributed by atoms with E-state index in [1.807, 2.05) is 0 Å². The third-order valence-electron chi connectivity index (χ3n) is 8.85. The second kappa shape index (κ2) is 16.6. The Balaban J connectivity index is 3.09. The normalized spacial score (nSPS) is 18.8. The molecule has 0 unspecified atom stereocenters. The number of hydrogen-bond acceptors (Lipinski definition) is 1. The maximum absolute atomic E-state index is 6.93. The highest BCUT2D eigenvalue weighted by atomic mass is 31.2. The average Bonchev–Trinajstić information content (AvgIpc) is 2.85.